The molecule has 0 aliphatic carbocycles. The molecule has 0 atom stereocenters. The number of pyridine rings is 1. The molecule has 0 fully saturated rings. The Labute approximate surface area is 262 Å². The number of aliphatic imine (C=N–C) groups is 1. The Morgan fingerprint density at radius 3 is 2.53 bits per heavy atom. The first-order valence-electron chi connectivity index (χ1n) is 15.4. The Kier molecular flexibility index (Phi) is 10.1. The summed E-state index contributed by atoms with van der Waals surface area (Å²) in [6.07, 6.45) is 6.50. The summed E-state index contributed by atoms with van der Waals surface area (Å²) in [6.45, 7) is 14.5. The van der Waals surface area contributed by atoms with E-state index in [1.165, 1.54) is 12.1 Å². The highest BCUT2D eigenvalue weighted by Gasteiger charge is 2.20. The fourth-order valence-corrected chi connectivity index (χ4v) is 5.45. The standard InChI is InChI=1S/C35H39F2N7O/c1-5-43(6-2)21-9-19-40-35-41-32(27-15-16-31(45)44(34(27)42-35)33-29(36)11-7-12-30(33)37)28-22-25(14-13-23(28)3)24(4)38-20-17-26-10-8-18-39-26/h7,10-16,18,22,38H,4-6,8-9,17,19-21H2,1-3H3,(H,40,41,42). The lowest BCUT2D eigenvalue weighted by atomic mass is 9.98. The number of para-hydroxylation sites is 1. The van der Waals surface area contributed by atoms with Crippen molar-refractivity contribution < 1.29 is 8.78 Å². The Bertz CT molecular complexity index is 1800. The number of rotatable bonds is 14. The summed E-state index contributed by atoms with van der Waals surface area (Å²) in [5.41, 5.74) is 3.95. The molecule has 0 unspecified atom stereocenters. The van der Waals surface area contributed by atoms with E-state index < -0.39 is 22.9 Å². The number of nitrogens with one attached hydrogen (secondary N) is 2. The lowest BCUT2D eigenvalue weighted by Gasteiger charge is -2.19. The summed E-state index contributed by atoms with van der Waals surface area (Å²) in [6, 6.07) is 12.4. The molecule has 0 bridgehead atoms. The third-order valence-corrected chi connectivity index (χ3v) is 8.02. The Morgan fingerprint density at radius 2 is 1.82 bits per heavy atom. The van der Waals surface area contributed by atoms with Gasteiger partial charge in [0.25, 0.3) is 5.56 Å². The number of benzene rings is 2. The van der Waals surface area contributed by atoms with Gasteiger partial charge in [-0.25, -0.2) is 13.8 Å². The Balaban J connectivity index is 1.58. The molecule has 0 amide bonds. The van der Waals surface area contributed by atoms with E-state index in [9.17, 15) is 4.79 Å². The van der Waals surface area contributed by atoms with Crippen molar-refractivity contribution in [1.29, 1.82) is 0 Å². The average Bonchev–Trinajstić information content (AvgIpc) is 3.55. The fourth-order valence-electron chi connectivity index (χ4n) is 5.45. The maximum absolute atomic E-state index is 15.1. The van der Waals surface area contributed by atoms with Gasteiger partial charge in [0.2, 0.25) is 5.95 Å². The highest BCUT2D eigenvalue weighted by molar-refractivity contribution is 5.93. The second-order valence-corrected chi connectivity index (χ2v) is 10.9. The van der Waals surface area contributed by atoms with Crippen molar-refractivity contribution in [3.63, 3.8) is 0 Å². The second kappa shape index (κ2) is 14.4. The highest BCUT2D eigenvalue weighted by atomic mass is 19.1. The zero-order valence-corrected chi connectivity index (χ0v) is 26.0. The summed E-state index contributed by atoms with van der Waals surface area (Å²) in [7, 11) is 0. The molecule has 234 valence electrons. The molecule has 2 aromatic heterocycles. The number of anilines is 1. The van der Waals surface area contributed by atoms with Crippen molar-refractivity contribution in [2.45, 2.75) is 40.0 Å². The first-order chi connectivity index (χ1) is 21.8. The Morgan fingerprint density at radius 1 is 1.04 bits per heavy atom. The van der Waals surface area contributed by atoms with Crippen molar-refractivity contribution in [2.75, 3.05) is 38.0 Å². The van der Waals surface area contributed by atoms with Gasteiger partial charge < -0.3 is 15.5 Å². The minimum Gasteiger partial charge on any atom is -0.385 e. The van der Waals surface area contributed by atoms with Crippen LogP contribution >= 0.6 is 0 Å². The van der Waals surface area contributed by atoms with Crippen molar-refractivity contribution in [3.8, 4) is 16.9 Å². The number of hydrogen-bond donors (Lipinski definition) is 2. The van der Waals surface area contributed by atoms with Crippen molar-refractivity contribution in [1.82, 2.24) is 24.8 Å². The van der Waals surface area contributed by atoms with Gasteiger partial charge in [-0.15, -0.1) is 0 Å². The third kappa shape index (κ3) is 7.17. The zero-order valence-electron chi connectivity index (χ0n) is 26.0. The van der Waals surface area contributed by atoms with Crippen molar-refractivity contribution >= 4 is 28.9 Å². The van der Waals surface area contributed by atoms with E-state index in [-0.39, 0.29) is 11.6 Å². The quantitative estimate of drug-likeness (QED) is 0.159. The Hall–Kier alpha value is -4.70. The summed E-state index contributed by atoms with van der Waals surface area (Å²) in [5, 5.41) is 7.16. The van der Waals surface area contributed by atoms with Gasteiger partial charge in [-0.05, 0) is 68.4 Å². The largest absolute Gasteiger partial charge is 0.385 e. The summed E-state index contributed by atoms with van der Waals surface area (Å²) >= 11 is 0. The maximum Gasteiger partial charge on any atom is 0.256 e. The van der Waals surface area contributed by atoms with E-state index in [2.05, 4.69) is 52.0 Å². The van der Waals surface area contributed by atoms with Gasteiger partial charge in [-0.3, -0.25) is 14.4 Å². The minimum absolute atomic E-state index is 0.106. The van der Waals surface area contributed by atoms with E-state index >= 15 is 8.78 Å². The van der Waals surface area contributed by atoms with Crippen LogP contribution in [0.4, 0.5) is 14.7 Å². The first-order valence-corrected chi connectivity index (χ1v) is 15.4. The topological polar surface area (TPSA) is 87.4 Å². The van der Waals surface area contributed by atoms with Crippen LogP contribution < -0.4 is 16.2 Å². The molecule has 0 spiro atoms. The molecule has 3 heterocycles. The molecule has 8 nitrogen and oxygen atoms in total. The molecule has 0 saturated carbocycles. The maximum atomic E-state index is 15.1. The molecule has 0 saturated heterocycles. The lowest BCUT2D eigenvalue weighted by molar-refractivity contribution is 0.303. The lowest BCUT2D eigenvalue weighted by Crippen LogP contribution is -2.25. The first kappa shape index (κ1) is 31.7. The van der Waals surface area contributed by atoms with Crippen LogP contribution in [0.2, 0.25) is 0 Å². The number of hydrogen-bond acceptors (Lipinski definition) is 7. The SMILES string of the molecule is C=C(NCCC1=CCC=N1)c1ccc(C)c(-c2nc(NCCCN(CC)CC)nc3c2ccc(=O)n3-c2c(F)cccc2F)c1. The molecule has 45 heavy (non-hydrogen) atoms. The number of aromatic nitrogens is 3. The summed E-state index contributed by atoms with van der Waals surface area (Å²) < 4.78 is 31.1. The van der Waals surface area contributed by atoms with Gasteiger partial charge in [0, 0.05) is 60.6 Å². The number of nitrogens with zero attached hydrogens (tertiary/aromatic N) is 5. The van der Waals surface area contributed by atoms with E-state index in [1.54, 1.807) is 6.07 Å². The average molecular weight is 612 g/mol. The number of fused-ring (bicyclic) bond motifs is 1. The van der Waals surface area contributed by atoms with Crippen LogP contribution in [0.3, 0.4) is 0 Å². The van der Waals surface area contributed by atoms with Gasteiger partial charge in [0.1, 0.15) is 17.3 Å². The monoisotopic (exact) mass is 611 g/mol. The van der Waals surface area contributed by atoms with Gasteiger partial charge in [0.05, 0.1) is 5.69 Å². The molecule has 10 heteroatoms. The zero-order chi connectivity index (χ0) is 31.9. The molecule has 2 aromatic carbocycles. The van der Waals surface area contributed by atoms with E-state index in [0.717, 1.165) is 83.7 Å². The molecule has 4 aromatic rings. The molecule has 0 radical (unpaired) electrons. The molecule has 1 aliphatic rings. The van der Waals surface area contributed by atoms with Crippen LogP contribution in [0.1, 0.15) is 44.2 Å². The smallest absolute Gasteiger partial charge is 0.256 e. The van der Waals surface area contributed by atoms with Crippen LogP contribution in [-0.4, -0.2) is 58.4 Å². The third-order valence-electron chi connectivity index (χ3n) is 8.02. The van der Waals surface area contributed by atoms with Gasteiger partial charge in [0.15, 0.2) is 5.65 Å². The molecule has 5 rings (SSSR count). The van der Waals surface area contributed by atoms with E-state index in [0.29, 0.717) is 24.2 Å². The van der Waals surface area contributed by atoms with Crippen LogP contribution in [-0.2, 0) is 0 Å². The minimum atomic E-state index is -0.863. The molecular formula is C35H39F2N7O. The molecular weight excluding hydrogens is 572 g/mol. The van der Waals surface area contributed by atoms with E-state index in [4.69, 9.17) is 4.98 Å². The highest BCUT2D eigenvalue weighted by Crippen LogP contribution is 2.32. The second-order valence-electron chi connectivity index (χ2n) is 10.9. The summed E-state index contributed by atoms with van der Waals surface area (Å²) in [5.74, 6) is -1.46. The number of aryl methyl sites for hydroxylation is 1. The molecule has 2 N–H and O–H groups in total. The van der Waals surface area contributed by atoms with Crippen LogP contribution in [0, 0.1) is 18.6 Å². The number of halogens is 2. The van der Waals surface area contributed by atoms with E-state index in [1.807, 2.05) is 31.3 Å². The number of allylic oxidation sites excluding steroid dienone is 1. The van der Waals surface area contributed by atoms with Gasteiger partial charge in [-0.1, -0.05) is 44.7 Å². The molecule has 1 aliphatic heterocycles. The van der Waals surface area contributed by atoms with Gasteiger partial charge >= 0.3 is 0 Å². The van der Waals surface area contributed by atoms with Crippen LogP contribution in [0.15, 0.2) is 76.7 Å². The fraction of sp³-hybridized carbons (Fsp3) is 0.314. The van der Waals surface area contributed by atoms with Gasteiger partial charge in [-0.2, -0.15) is 4.98 Å². The predicted molar refractivity (Wildman–Crippen MR) is 179 cm³/mol. The van der Waals surface area contributed by atoms with Crippen LogP contribution in [0.5, 0.6) is 0 Å². The van der Waals surface area contributed by atoms with Crippen LogP contribution in [0.25, 0.3) is 33.7 Å². The van der Waals surface area contributed by atoms with Crippen molar-refractivity contribution in [2.24, 2.45) is 4.99 Å². The predicted octanol–water partition coefficient (Wildman–Crippen LogP) is 6.49. The van der Waals surface area contributed by atoms with Crippen molar-refractivity contribution in [3.05, 3.63) is 100.0 Å². The normalized spacial score (nSPS) is 12.6. The summed E-state index contributed by atoms with van der Waals surface area (Å²) in [4.78, 5) is 29.5.